The summed E-state index contributed by atoms with van der Waals surface area (Å²) in [5, 5.41) is 0. The molecule has 0 fully saturated rings. The van der Waals surface area contributed by atoms with E-state index in [-0.39, 0.29) is 11.5 Å². The Kier molecular flexibility index (Phi) is 6.24. The van der Waals surface area contributed by atoms with Gasteiger partial charge in [-0.25, -0.2) is 8.42 Å². The molecule has 1 aromatic carbocycles. The molecule has 2 N–H and O–H groups in total. The minimum absolute atomic E-state index is 0.170. The molecule has 0 aliphatic carbocycles. The normalized spacial score (nSPS) is 11.2. The second-order valence-electron chi connectivity index (χ2n) is 4.23. The lowest BCUT2D eigenvalue weighted by Gasteiger charge is -2.07. The Morgan fingerprint density at radius 1 is 1.32 bits per heavy atom. The van der Waals surface area contributed by atoms with Crippen molar-refractivity contribution in [1.29, 1.82) is 0 Å². The Morgan fingerprint density at radius 3 is 2.47 bits per heavy atom. The minimum Gasteiger partial charge on any atom is -0.494 e. The van der Waals surface area contributed by atoms with Gasteiger partial charge in [0.15, 0.2) is 0 Å². The molecular formula is C13H19NO3S2. The first-order valence-corrected chi connectivity index (χ1v) is 8.36. The quantitative estimate of drug-likeness (QED) is 0.585. The average Bonchev–Trinajstić information content (AvgIpc) is 2.36. The Morgan fingerprint density at radius 2 is 1.95 bits per heavy atom. The summed E-state index contributed by atoms with van der Waals surface area (Å²) in [6.45, 7) is 2.05. The Balaban J connectivity index is 2.36. The van der Waals surface area contributed by atoms with Crippen LogP contribution in [0.1, 0.15) is 18.9 Å². The summed E-state index contributed by atoms with van der Waals surface area (Å²) < 4.78 is 28.0. The highest BCUT2D eigenvalue weighted by Gasteiger charge is 2.06. The fourth-order valence-electron chi connectivity index (χ4n) is 1.52. The van der Waals surface area contributed by atoms with Crippen LogP contribution in [0.2, 0.25) is 0 Å². The van der Waals surface area contributed by atoms with E-state index in [0.717, 1.165) is 11.3 Å². The van der Waals surface area contributed by atoms with Gasteiger partial charge in [0, 0.05) is 12.2 Å². The molecule has 0 aliphatic rings. The van der Waals surface area contributed by atoms with Crippen molar-refractivity contribution in [2.24, 2.45) is 5.73 Å². The van der Waals surface area contributed by atoms with E-state index < -0.39 is 9.84 Å². The molecular weight excluding hydrogens is 282 g/mol. The SMILES string of the molecule is CCS(=O)(=O)CCCOc1ccc(CC(N)=S)cc1. The lowest BCUT2D eigenvalue weighted by atomic mass is 10.1. The summed E-state index contributed by atoms with van der Waals surface area (Å²) in [5.41, 5.74) is 6.49. The topological polar surface area (TPSA) is 69.4 Å². The van der Waals surface area contributed by atoms with E-state index in [9.17, 15) is 8.42 Å². The van der Waals surface area contributed by atoms with Gasteiger partial charge >= 0.3 is 0 Å². The highest BCUT2D eigenvalue weighted by atomic mass is 32.2. The van der Waals surface area contributed by atoms with E-state index in [1.54, 1.807) is 6.92 Å². The molecule has 1 rings (SSSR count). The van der Waals surface area contributed by atoms with Crippen LogP contribution in [0.15, 0.2) is 24.3 Å². The van der Waals surface area contributed by atoms with Crippen molar-refractivity contribution in [3.05, 3.63) is 29.8 Å². The second-order valence-corrected chi connectivity index (χ2v) is 7.22. The van der Waals surface area contributed by atoms with Crippen molar-refractivity contribution in [3.8, 4) is 5.75 Å². The Hall–Kier alpha value is -1.14. The number of benzene rings is 1. The Bertz CT molecular complexity index is 509. The third-order valence-corrected chi connectivity index (χ3v) is 4.54. The largest absolute Gasteiger partial charge is 0.494 e. The van der Waals surface area contributed by atoms with Gasteiger partial charge < -0.3 is 10.5 Å². The number of ether oxygens (including phenoxy) is 1. The molecule has 0 amide bonds. The number of nitrogens with two attached hydrogens (primary N) is 1. The van der Waals surface area contributed by atoms with Crippen molar-refractivity contribution in [2.45, 2.75) is 19.8 Å². The van der Waals surface area contributed by atoms with Gasteiger partial charge in [-0.2, -0.15) is 0 Å². The monoisotopic (exact) mass is 301 g/mol. The van der Waals surface area contributed by atoms with Crippen LogP contribution in [0.3, 0.4) is 0 Å². The summed E-state index contributed by atoms with van der Waals surface area (Å²) in [7, 11) is -2.90. The molecule has 0 saturated heterocycles. The van der Waals surface area contributed by atoms with Crippen molar-refractivity contribution in [2.75, 3.05) is 18.1 Å². The van der Waals surface area contributed by atoms with Crippen LogP contribution in [0.5, 0.6) is 5.75 Å². The zero-order valence-electron chi connectivity index (χ0n) is 11.0. The van der Waals surface area contributed by atoms with Crippen molar-refractivity contribution >= 4 is 27.0 Å². The van der Waals surface area contributed by atoms with E-state index in [0.29, 0.717) is 24.4 Å². The van der Waals surface area contributed by atoms with E-state index in [2.05, 4.69) is 0 Å². The van der Waals surface area contributed by atoms with Gasteiger partial charge in [-0.3, -0.25) is 0 Å². The summed E-state index contributed by atoms with van der Waals surface area (Å²) in [5.74, 6) is 1.07. The van der Waals surface area contributed by atoms with Gasteiger partial charge in [-0.05, 0) is 24.1 Å². The van der Waals surface area contributed by atoms with Crippen LogP contribution >= 0.6 is 12.2 Å². The molecule has 0 atom stereocenters. The molecule has 0 bridgehead atoms. The molecule has 1 aromatic rings. The lowest BCUT2D eigenvalue weighted by Crippen LogP contribution is -2.12. The van der Waals surface area contributed by atoms with Gasteiger partial charge in [0.1, 0.15) is 15.6 Å². The van der Waals surface area contributed by atoms with Crippen molar-refractivity contribution in [1.82, 2.24) is 0 Å². The maximum absolute atomic E-state index is 11.3. The highest BCUT2D eigenvalue weighted by Crippen LogP contribution is 2.13. The predicted octanol–water partition coefficient (Wildman–Crippen LogP) is 1.72. The molecule has 0 heterocycles. The first-order chi connectivity index (χ1) is 8.93. The maximum atomic E-state index is 11.3. The first kappa shape index (κ1) is 15.9. The molecule has 0 aliphatic heterocycles. The van der Waals surface area contributed by atoms with Gasteiger partial charge in [0.25, 0.3) is 0 Å². The smallest absolute Gasteiger partial charge is 0.150 e. The highest BCUT2D eigenvalue weighted by molar-refractivity contribution is 7.91. The third-order valence-electron chi connectivity index (χ3n) is 2.61. The van der Waals surface area contributed by atoms with Crippen LogP contribution in [-0.2, 0) is 16.3 Å². The summed E-state index contributed by atoms with van der Waals surface area (Å²) in [4.78, 5) is 0.457. The van der Waals surface area contributed by atoms with Gasteiger partial charge in [-0.15, -0.1) is 0 Å². The summed E-state index contributed by atoms with van der Waals surface area (Å²) in [6.07, 6.45) is 1.08. The van der Waals surface area contributed by atoms with E-state index in [4.69, 9.17) is 22.7 Å². The summed E-state index contributed by atoms with van der Waals surface area (Å²) >= 11 is 4.83. The Labute approximate surface area is 119 Å². The van der Waals surface area contributed by atoms with Crippen LogP contribution in [0.25, 0.3) is 0 Å². The number of sulfone groups is 1. The third kappa shape index (κ3) is 6.54. The van der Waals surface area contributed by atoms with Crippen LogP contribution in [0, 0.1) is 0 Å². The second kappa shape index (κ2) is 7.45. The maximum Gasteiger partial charge on any atom is 0.150 e. The molecule has 6 heteroatoms. The first-order valence-electron chi connectivity index (χ1n) is 6.13. The fourth-order valence-corrected chi connectivity index (χ4v) is 2.53. The van der Waals surface area contributed by atoms with Crippen LogP contribution < -0.4 is 10.5 Å². The van der Waals surface area contributed by atoms with Gasteiger partial charge in [0.05, 0.1) is 17.3 Å². The molecule has 4 nitrogen and oxygen atoms in total. The number of rotatable bonds is 8. The molecule has 0 spiro atoms. The average molecular weight is 301 g/mol. The molecule has 0 radical (unpaired) electrons. The van der Waals surface area contributed by atoms with Crippen molar-refractivity contribution in [3.63, 3.8) is 0 Å². The van der Waals surface area contributed by atoms with Crippen LogP contribution in [-0.4, -0.2) is 31.5 Å². The zero-order valence-corrected chi connectivity index (χ0v) is 12.6. The molecule has 0 unspecified atom stereocenters. The van der Waals surface area contributed by atoms with Gasteiger partial charge in [-0.1, -0.05) is 31.3 Å². The molecule has 106 valence electrons. The number of thiocarbonyl (C=S) groups is 1. The zero-order chi connectivity index (χ0) is 14.3. The lowest BCUT2D eigenvalue weighted by molar-refractivity contribution is 0.317. The van der Waals surface area contributed by atoms with Gasteiger partial charge in [0.2, 0.25) is 0 Å². The standard InChI is InChI=1S/C13H19NO3S2/c1-2-19(15,16)9-3-8-17-12-6-4-11(5-7-12)10-13(14)18/h4-7H,2-3,8-10H2,1H3,(H2,14,18). The molecule has 0 saturated carbocycles. The van der Waals surface area contributed by atoms with E-state index >= 15 is 0 Å². The van der Waals surface area contributed by atoms with E-state index in [1.807, 2.05) is 24.3 Å². The molecule has 0 aromatic heterocycles. The number of hydrogen-bond acceptors (Lipinski definition) is 4. The van der Waals surface area contributed by atoms with E-state index in [1.165, 1.54) is 0 Å². The van der Waals surface area contributed by atoms with Crippen molar-refractivity contribution < 1.29 is 13.2 Å². The fraction of sp³-hybridized carbons (Fsp3) is 0.462. The molecule has 19 heavy (non-hydrogen) atoms. The summed E-state index contributed by atoms with van der Waals surface area (Å²) in [6, 6.07) is 7.47. The van der Waals surface area contributed by atoms with Crippen LogP contribution in [0.4, 0.5) is 0 Å². The minimum atomic E-state index is -2.90. The predicted molar refractivity (Wildman–Crippen MR) is 81.4 cm³/mol. The number of hydrogen-bond donors (Lipinski definition) is 1.